The van der Waals surface area contributed by atoms with E-state index in [0.29, 0.717) is 23.7 Å². The van der Waals surface area contributed by atoms with Crippen LogP contribution in [0.2, 0.25) is 0 Å². The minimum Gasteiger partial charge on any atom is -0.422 e. The quantitative estimate of drug-likeness (QED) is 0.268. The summed E-state index contributed by atoms with van der Waals surface area (Å²) in [5, 5.41) is 0. The van der Waals surface area contributed by atoms with Crippen molar-refractivity contribution in [2.24, 2.45) is 59.2 Å². The molecule has 5 aliphatic carbocycles. The second-order valence-corrected chi connectivity index (χ2v) is 11.2. The van der Waals surface area contributed by atoms with E-state index in [4.69, 9.17) is 18.9 Å². The highest BCUT2D eigenvalue weighted by Crippen LogP contribution is 2.87. The summed E-state index contributed by atoms with van der Waals surface area (Å²) in [7, 11) is 0. The molecule has 0 aromatic carbocycles. The van der Waals surface area contributed by atoms with Gasteiger partial charge in [-0.25, -0.2) is 9.59 Å². The third kappa shape index (κ3) is 1.90. The molecule has 164 valence electrons. The standard InChI is InChI=1S/C23H24O8/c1-22(2)28-18(24)16(19(25)29-22)14-10-6-5-7-9-8(6)12(14)13(9)15(11(7)10)17-20(26)30-23(3,4)31-21(17)27/h6-14,16H,5H2,1-4H3/t6-,7+,8-,9+,10+,11+,12-,13-,14-/m1/s1. The van der Waals surface area contributed by atoms with Crippen LogP contribution in [0.5, 0.6) is 0 Å². The molecule has 2 saturated heterocycles. The largest absolute Gasteiger partial charge is 0.422 e. The van der Waals surface area contributed by atoms with Gasteiger partial charge in [-0.15, -0.1) is 0 Å². The van der Waals surface area contributed by atoms with Crippen LogP contribution < -0.4 is 0 Å². The highest BCUT2D eigenvalue weighted by Gasteiger charge is 2.84. The Kier molecular flexibility index (Phi) is 2.93. The molecule has 2 aliphatic heterocycles. The number of hydrogen-bond donors (Lipinski definition) is 0. The lowest BCUT2D eigenvalue weighted by Gasteiger charge is -2.51. The molecule has 2 bridgehead atoms. The van der Waals surface area contributed by atoms with Gasteiger partial charge in [-0.3, -0.25) is 9.59 Å². The molecule has 0 radical (unpaired) electrons. The molecule has 31 heavy (non-hydrogen) atoms. The van der Waals surface area contributed by atoms with Crippen molar-refractivity contribution in [3.05, 3.63) is 11.1 Å². The van der Waals surface area contributed by atoms with Gasteiger partial charge in [0.1, 0.15) is 5.57 Å². The van der Waals surface area contributed by atoms with Gasteiger partial charge in [-0.1, -0.05) is 0 Å². The summed E-state index contributed by atoms with van der Waals surface area (Å²) in [6, 6.07) is 0. The fourth-order valence-electron chi connectivity index (χ4n) is 9.01. The highest BCUT2D eigenvalue weighted by molar-refractivity contribution is 6.16. The van der Waals surface area contributed by atoms with Gasteiger partial charge in [0, 0.05) is 27.7 Å². The van der Waals surface area contributed by atoms with E-state index in [1.807, 2.05) is 0 Å². The first-order valence-electron chi connectivity index (χ1n) is 11.2. The second-order valence-electron chi connectivity index (χ2n) is 11.2. The van der Waals surface area contributed by atoms with Gasteiger partial charge in [0.25, 0.3) is 11.6 Å². The Morgan fingerprint density at radius 2 is 1.19 bits per heavy atom. The molecule has 0 spiro atoms. The number of hydrogen-bond acceptors (Lipinski definition) is 8. The van der Waals surface area contributed by atoms with Gasteiger partial charge < -0.3 is 18.9 Å². The molecule has 8 nitrogen and oxygen atoms in total. The lowest BCUT2D eigenvalue weighted by atomic mass is 9.54. The van der Waals surface area contributed by atoms with Crippen LogP contribution in [0.15, 0.2) is 11.1 Å². The Morgan fingerprint density at radius 3 is 1.81 bits per heavy atom. The Bertz CT molecular complexity index is 994. The van der Waals surface area contributed by atoms with Crippen LogP contribution in [0.3, 0.4) is 0 Å². The molecule has 7 aliphatic rings. The van der Waals surface area contributed by atoms with Crippen LogP contribution >= 0.6 is 0 Å². The van der Waals surface area contributed by atoms with Gasteiger partial charge in [0.15, 0.2) is 5.92 Å². The molecule has 7 fully saturated rings. The summed E-state index contributed by atoms with van der Waals surface area (Å²) in [5.74, 6) is -3.92. The Balaban J connectivity index is 1.31. The maximum atomic E-state index is 12.9. The van der Waals surface area contributed by atoms with Crippen molar-refractivity contribution in [2.75, 3.05) is 0 Å². The predicted molar refractivity (Wildman–Crippen MR) is 99.1 cm³/mol. The summed E-state index contributed by atoms with van der Waals surface area (Å²) in [6.45, 7) is 6.21. The van der Waals surface area contributed by atoms with E-state index in [-0.39, 0.29) is 35.2 Å². The molecular weight excluding hydrogens is 404 g/mol. The van der Waals surface area contributed by atoms with Crippen molar-refractivity contribution in [3.8, 4) is 0 Å². The van der Waals surface area contributed by atoms with Crippen molar-refractivity contribution in [1.82, 2.24) is 0 Å². The van der Waals surface area contributed by atoms with Gasteiger partial charge in [0.05, 0.1) is 0 Å². The molecule has 0 amide bonds. The zero-order valence-electron chi connectivity index (χ0n) is 17.7. The molecule has 0 aromatic rings. The Labute approximate surface area is 178 Å². The van der Waals surface area contributed by atoms with Gasteiger partial charge in [0.2, 0.25) is 0 Å². The van der Waals surface area contributed by atoms with E-state index in [1.165, 1.54) is 0 Å². The molecule has 0 N–H and O–H groups in total. The molecule has 0 aromatic heterocycles. The first-order valence-corrected chi connectivity index (χ1v) is 11.2. The van der Waals surface area contributed by atoms with Crippen molar-refractivity contribution in [1.29, 1.82) is 0 Å². The molecule has 9 atom stereocenters. The van der Waals surface area contributed by atoms with Crippen LogP contribution in [0.1, 0.15) is 34.1 Å². The first kappa shape index (κ1) is 18.2. The van der Waals surface area contributed by atoms with Crippen LogP contribution in [0.4, 0.5) is 0 Å². The van der Waals surface area contributed by atoms with Gasteiger partial charge in [-0.2, -0.15) is 0 Å². The van der Waals surface area contributed by atoms with E-state index in [2.05, 4.69) is 0 Å². The van der Waals surface area contributed by atoms with Gasteiger partial charge >= 0.3 is 23.9 Å². The zero-order valence-corrected chi connectivity index (χ0v) is 17.7. The average Bonchev–Trinajstić information content (AvgIpc) is 3.11. The highest BCUT2D eigenvalue weighted by atomic mass is 16.7. The van der Waals surface area contributed by atoms with Crippen molar-refractivity contribution >= 4 is 23.9 Å². The van der Waals surface area contributed by atoms with Crippen molar-refractivity contribution < 1.29 is 38.1 Å². The monoisotopic (exact) mass is 428 g/mol. The Hall–Kier alpha value is -2.38. The van der Waals surface area contributed by atoms with Gasteiger partial charge in [-0.05, 0) is 65.3 Å². The van der Waals surface area contributed by atoms with Crippen LogP contribution in [-0.4, -0.2) is 35.5 Å². The summed E-state index contributed by atoms with van der Waals surface area (Å²) < 4.78 is 21.7. The smallest absolute Gasteiger partial charge is 0.348 e. The molecule has 2 heterocycles. The predicted octanol–water partition coefficient (Wildman–Crippen LogP) is 1.58. The molecule has 0 unspecified atom stereocenters. The number of allylic oxidation sites excluding steroid dienone is 1. The first-order chi connectivity index (χ1) is 14.5. The maximum Gasteiger partial charge on any atom is 0.348 e. The normalized spacial score (nSPS) is 49.7. The zero-order chi connectivity index (χ0) is 21.8. The van der Waals surface area contributed by atoms with Crippen LogP contribution in [-0.2, 0) is 38.1 Å². The van der Waals surface area contributed by atoms with E-state index in [9.17, 15) is 19.2 Å². The minimum atomic E-state index is -1.27. The number of rotatable bonds is 1. The third-order valence-electron chi connectivity index (χ3n) is 9.19. The fourth-order valence-corrected chi connectivity index (χ4v) is 9.01. The molecular formula is C23H24O8. The second kappa shape index (κ2) is 4.99. The lowest BCUT2D eigenvalue weighted by molar-refractivity contribution is -0.246. The van der Waals surface area contributed by atoms with E-state index in [1.54, 1.807) is 27.7 Å². The van der Waals surface area contributed by atoms with Crippen molar-refractivity contribution in [3.63, 3.8) is 0 Å². The number of carbonyl (C=O) groups excluding carboxylic acids is 4. The summed E-state index contributed by atoms with van der Waals surface area (Å²) in [4.78, 5) is 51.4. The SMILES string of the molecule is CC1(C)OC(=O)C(=C2[C@@H]3[C@H]4[C@@H]5C[C@@H]6[C@H]4[C@H]3[C@H](C3C(=O)OC(C)(C)OC3=O)[C@@H]6[C@@H]25)C(=O)O1. The fraction of sp³-hybridized carbons (Fsp3) is 0.739. The average molecular weight is 428 g/mol. The van der Waals surface area contributed by atoms with Crippen LogP contribution in [0, 0.1) is 59.2 Å². The number of ether oxygens (including phenoxy) is 4. The molecule has 5 saturated carbocycles. The molecule has 7 rings (SSSR count). The van der Waals surface area contributed by atoms with E-state index < -0.39 is 41.4 Å². The lowest BCUT2D eigenvalue weighted by Crippen LogP contribution is -2.55. The minimum absolute atomic E-state index is 0.0202. The Morgan fingerprint density at radius 1 is 0.645 bits per heavy atom. The van der Waals surface area contributed by atoms with E-state index >= 15 is 0 Å². The maximum absolute atomic E-state index is 12.9. The summed E-state index contributed by atoms with van der Waals surface area (Å²) in [6.07, 6.45) is 1.03. The number of fused-ring (bicyclic) bond motifs is 2. The summed E-state index contributed by atoms with van der Waals surface area (Å²) >= 11 is 0. The van der Waals surface area contributed by atoms with Crippen LogP contribution in [0.25, 0.3) is 0 Å². The molecule has 8 heteroatoms. The number of cyclic esters (lactones) is 4. The summed E-state index contributed by atoms with van der Waals surface area (Å²) in [5.41, 5.74) is 0.937. The van der Waals surface area contributed by atoms with Crippen molar-refractivity contribution in [2.45, 2.75) is 45.7 Å². The number of carbonyl (C=O) groups is 4. The number of esters is 4. The third-order valence-corrected chi connectivity index (χ3v) is 9.19. The van der Waals surface area contributed by atoms with E-state index in [0.717, 1.165) is 12.0 Å². The topological polar surface area (TPSA) is 105 Å².